The van der Waals surface area contributed by atoms with Gasteiger partial charge in [0.15, 0.2) is 0 Å². The van der Waals surface area contributed by atoms with E-state index < -0.39 is 51.5 Å². The molecule has 3 nitrogen and oxygen atoms in total. The van der Waals surface area contributed by atoms with Crippen molar-refractivity contribution in [2.24, 2.45) is 0 Å². The van der Waals surface area contributed by atoms with Crippen molar-refractivity contribution in [3.8, 4) is 0 Å². The van der Waals surface area contributed by atoms with Crippen LogP contribution in [0.5, 0.6) is 0 Å². The van der Waals surface area contributed by atoms with E-state index >= 15 is 0 Å². The third kappa shape index (κ3) is 3.03. The van der Waals surface area contributed by atoms with Crippen molar-refractivity contribution in [3.63, 3.8) is 0 Å². The topological polar surface area (TPSA) is 37.4 Å². The molecule has 0 saturated heterocycles. The first kappa shape index (κ1) is 20.2. The maximum atomic E-state index is 13.8. The standard InChI is InChI=1S/C17H8F7NO2S/c18-15(19,16(20,21)22)17(23,24)28-12-8-4-3-7-11(12)25-13(26)9-5-1-2-6-10(9)14(25)27/h1-8H. The Morgan fingerprint density at radius 2 is 1.18 bits per heavy atom. The van der Waals surface area contributed by atoms with Crippen molar-refractivity contribution in [1.29, 1.82) is 0 Å². The van der Waals surface area contributed by atoms with Crippen LogP contribution in [0.25, 0.3) is 0 Å². The van der Waals surface area contributed by atoms with Gasteiger partial charge in [0, 0.05) is 4.90 Å². The second kappa shape index (κ2) is 6.50. The van der Waals surface area contributed by atoms with Crippen molar-refractivity contribution in [2.45, 2.75) is 22.2 Å². The summed E-state index contributed by atoms with van der Waals surface area (Å²) in [4.78, 5) is 24.6. The highest BCUT2D eigenvalue weighted by molar-refractivity contribution is 8.00. The van der Waals surface area contributed by atoms with Crippen molar-refractivity contribution >= 4 is 29.3 Å². The van der Waals surface area contributed by atoms with Gasteiger partial charge in [0.2, 0.25) is 0 Å². The van der Waals surface area contributed by atoms with Gasteiger partial charge in [-0.2, -0.15) is 30.7 Å². The van der Waals surface area contributed by atoms with Crippen LogP contribution in [-0.2, 0) is 0 Å². The first-order chi connectivity index (χ1) is 12.9. The highest BCUT2D eigenvalue weighted by Crippen LogP contribution is 2.55. The Hall–Kier alpha value is -2.56. The van der Waals surface area contributed by atoms with Crippen LogP contribution in [0.1, 0.15) is 20.7 Å². The summed E-state index contributed by atoms with van der Waals surface area (Å²) in [5.41, 5.74) is -0.601. The summed E-state index contributed by atoms with van der Waals surface area (Å²) in [5.74, 6) is -8.14. The second-order valence-corrected chi connectivity index (χ2v) is 6.81. The normalized spacial score (nSPS) is 15.2. The van der Waals surface area contributed by atoms with Gasteiger partial charge in [-0.15, -0.1) is 0 Å². The Morgan fingerprint density at radius 1 is 0.714 bits per heavy atom. The first-order valence-corrected chi connectivity index (χ1v) is 8.28. The number of thioether (sulfide) groups is 1. The Labute approximate surface area is 157 Å². The molecule has 0 unspecified atom stereocenters. The summed E-state index contributed by atoms with van der Waals surface area (Å²) < 4.78 is 91.2. The molecule has 28 heavy (non-hydrogen) atoms. The van der Waals surface area contributed by atoms with E-state index in [1.165, 1.54) is 30.3 Å². The van der Waals surface area contributed by atoms with Gasteiger partial charge in [0.05, 0.1) is 16.8 Å². The summed E-state index contributed by atoms with van der Waals surface area (Å²) in [6.45, 7) is 0. The minimum atomic E-state index is -6.49. The van der Waals surface area contributed by atoms with E-state index in [9.17, 15) is 40.3 Å². The molecule has 0 radical (unpaired) electrons. The molecular weight excluding hydrogens is 415 g/mol. The van der Waals surface area contributed by atoms with Crippen molar-refractivity contribution < 1.29 is 40.3 Å². The molecule has 1 aliphatic rings. The largest absolute Gasteiger partial charge is 0.460 e. The highest BCUT2D eigenvalue weighted by Gasteiger charge is 2.73. The van der Waals surface area contributed by atoms with Crippen LogP contribution >= 0.6 is 11.8 Å². The highest BCUT2D eigenvalue weighted by atomic mass is 32.2. The quantitative estimate of drug-likeness (QED) is 0.377. The van der Waals surface area contributed by atoms with Crippen molar-refractivity contribution in [1.82, 2.24) is 0 Å². The molecule has 1 aliphatic heterocycles. The van der Waals surface area contributed by atoms with E-state index in [4.69, 9.17) is 0 Å². The van der Waals surface area contributed by atoms with Gasteiger partial charge in [-0.1, -0.05) is 24.3 Å². The molecule has 0 aliphatic carbocycles. The van der Waals surface area contributed by atoms with Gasteiger partial charge in [-0.3, -0.25) is 9.59 Å². The molecule has 0 fully saturated rings. The number of nitrogens with zero attached hydrogens (tertiary/aromatic N) is 1. The third-order valence-corrected chi connectivity index (χ3v) is 4.94. The number of halogens is 7. The monoisotopic (exact) mass is 423 g/mol. The molecule has 0 N–H and O–H groups in total. The van der Waals surface area contributed by atoms with Crippen LogP contribution < -0.4 is 4.90 Å². The molecule has 0 bridgehead atoms. The first-order valence-electron chi connectivity index (χ1n) is 7.46. The molecule has 11 heteroatoms. The Kier molecular flexibility index (Phi) is 4.69. The number of para-hydroxylation sites is 1. The number of hydrogen-bond donors (Lipinski definition) is 0. The summed E-state index contributed by atoms with van der Waals surface area (Å²) in [7, 11) is 0. The predicted octanol–water partition coefficient (Wildman–Crippen LogP) is 5.37. The molecular formula is C17H8F7NO2S. The maximum Gasteiger partial charge on any atom is 0.460 e. The second-order valence-electron chi connectivity index (χ2n) is 5.65. The summed E-state index contributed by atoms with van der Waals surface area (Å²) in [6, 6.07) is 9.67. The van der Waals surface area contributed by atoms with Gasteiger partial charge in [-0.25, -0.2) is 4.90 Å². The Balaban J connectivity index is 2.02. The SMILES string of the molecule is O=C1c2ccccc2C(=O)N1c1ccccc1SC(F)(F)C(F)(F)C(F)(F)F. The van der Waals surface area contributed by atoms with E-state index in [2.05, 4.69) is 0 Å². The molecule has 0 spiro atoms. The summed E-state index contributed by atoms with van der Waals surface area (Å²) >= 11 is -1.07. The van der Waals surface area contributed by atoms with E-state index in [0.717, 1.165) is 18.2 Å². The zero-order valence-electron chi connectivity index (χ0n) is 13.4. The molecule has 1 heterocycles. The number of amides is 2. The number of anilines is 1. The zero-order valence-corrected chi connectivity index (χ0v) is 14.3. The fourth-order valence-electron chi connectivity index (χ4n) is 2.50. The fourth-order valence-corrected chi connectivity index (χ4v) is 3.43. The number of carbonyl (C=O) groups is 2. The van der Waals surface area contributed by atoms with E-state index in [1.807, 2.05) is 0 Å². The van der Waals surface area contributed by atoms with Crippen molar-refractivity contribution in [2.75, 3.05) is 4.90 Å². The van der Waals surface area contributed by atoms with Gasteiger partial charge in [0.1, 0.15) is 0 Å². The number of imide groups is 1. The molecule has 2 aromatic rings. The Bertz CT molecular complexity index is 924. The summed E-state index contributed by atoms with van der Waals surface area (Å²) in [5, 5.41) is -5.58. The average molecular weight is 423 g/mol. The zero-order chi connectivity index (χ0) is 20.9. The van der Waals surface area contributed by atoms with E-state index in [1.54, 1.807) is 0 Å². The van der Waals surface area contributed by atoms with Gasteiger partial charge in [-0.05, 0) is 36.0 Å². The molecule has 0 atom stereocenters. The number of fused-ring (bicyclic) bond motifs is 1. The smallest absolute Gasteiger partial charge is 0.268 e. The van der Waals surface area contributed by atoms with Crippen LogP contribution in [-0.4, -0.2) is 29.2 Å². The molecule has 2 amide bonds. The molecule has 0 saturated carbocycles. The van der Waals surface area contributed by atoms with Crippen LogP contribution in [0.15, 0.2) is 53.4 Å². The van der Waals surface area contributed by atoms with Crippen molar-refractivity contribution in [3.05, 3.63) is 59.7 Å². The number of rotatable bonds is 4. The predicted molar refractivity (Wildman–Crippen MR) is 85.8 cm³/mol. The lowest BCUT2D eigenvalue weighted by Gasteiger charge is -2.28. The molecule has 0 aromatic heterocycles. The minimum absolute atomic E-state index is 0.0420. The lowest BCUT2D eigenvalue weighted by Crippen LogP contribution is -2.50. The summed E-state index contributed by atoms with van der Waals surface area (Å²) in [6.07, 6.45) is -6.49. The lowest BCUT2D eigenvalue weighted by atomic mass is 10.1. The molecule has 148 valence electrons. The fraction of sp³-hybridized carbons (Fsp3) is 0.176. The number of alkyl halides is 7. The van der Waals surface area contributed by atoms with Crippen LogP contribution in [0.3, 0.4) is 0 Å². The van der Waals surface area contributed by atoms with Crippen LogP contribution in [0.2, 0.25) is 0 Å². The minimum Gasteiger partial charge on any atom is -0.268 e. The Morgan fingerprint density at radius 3 is 1.68 bits per heavy atom. The maximum absolute atomic E-state index is 13.8. The molecule has 3 rings (SSSR count). The third-order valence-electron chi connectivity index (χ3n) is 3.86. The van der Waals surface area contributed by atoms with Gasteiger partial charge >= 0.3 is 17.4 Å². The van der Waals surface area contributed by atoms with E-state index in [0.29, 0.717) is 4.90 Å². The molecule has 2 aromatic carbocycles. The van der Waals surface area contributed by atoms with Crippen LogP contribution in [0, 0.1) is 0 Å². The van der Waals surface area contributed by atoms with Crippen LogP contribution in [0.4, 0.5) is 36.4 Å². The number of benzene rings is 2. The average Bonchev–Trinajstić information content (AvgIpc) is 2.86. The lowest BCUT2D eigenvalue weighted by molar-refractivity contribution is -0.330. The van der Waals surface area contributed by atoms with Gasteiger partial charge < -0.3 is 0 Å². The number of hydrogen-bond acceptors (Lipinski definition) is 3. The van der Waals surface area contributed by atoms with E-state index in [-0.39, 0.29) is 11.1 Å². The van der Waals surface area contributed by atoms with Gasteiger partial charge in [0.25, 0.3) is 11.8 Å². The number of carbonyl (C=O) groups excluding carboxylic acids is 2.